The van der Waals surface area contributed by atoms with E-state index in [1.807, 2.05) is 24.3 Å². The highest BCUT2D eigenvalue weighted by Crippen LogP contribution is 2.22. The van der Waals surface area contributed by atoms with Crippen LogP contribution in [0.15, 0.2) is 42.5 Å². The number of carbonyl (C=O) groups excluding carboxylic acids is 1. The van der Waals surface area contributed by atoms with Crippen LogP contribution in [0.25, 0.3) is 0 Å². The number of benzene rings is 2. The van der Waals surface area contributed by atoms with Crippen molar-refractivity contribution < 1.29 is 14.3 Å². The highest BCUT2D eigenvalue weighted by atomic mass is 35.5. The minimum atomic E-state index is 0.381. The Kier molecular flexibility index (Phi) is 4.42. The Morgan fingerprint density at radius 1 is 1.16 bits per heavy atom. The highest BCUT2D eigenvalue weighted by Gasteiger charge is 2.04. The lowest BCUT2D eigenvalue weighted by Gasteiger charge is -2.09. The van der Waals surface area contributed by atoms with Crippen LogP contribution in [0, 0.1) is 0 Å². The van der Waals surface area contributed by atoms with Gasteiger partial charge in [0.25, 0.3) is 0 Å². The van der Waals surface area contributed by atoms with Gasteiger partial charge in [0.15, 0.2) is 6.29 Å². The molecule has 0 spiro atoms. The lowest BCUT2D eigenvalue weighted by atomic mass is 10.2. The van der Waals surface area contributed by atoms with Crippen LogP contribution in [0.3, 0.4) is 0 Å². The smallest absolute Gasteiger partial charge is 0.153 e. The van der Waals surface area contributed by atoms with E-state index in [0.717, 1.165) is 17.6 Å². The molecule has 2 aromatic rings. The molecule has 0 N–H and O–H groups in total. The van der Waals surface area contributed by atoms with Gasteiger partial charge in [0, 0.05) is 5.02 Å². The fourth-order valence-corrected chi connectivity index (χ4v) is 1.81. The van der Waals surface area contributed by atoms with Crippen LogP contribution < -0.4 is 9.47 Å². The maximum Gasteiger partial charge on any atom is 0.153 e. The maximum atomic E-state index is 10.9. The fraction of sp³-hybridized carbons (Fsp3) is 0.133. The summed E-state index contributed by atoms with van der Waals surface area (Å²) >= 11 is 5.82. The van der Waals surface area contributed by atoms with Crippen LogP contribution >= 0.6 is 11.6 Å². The number of ether oxygens (including phenoxy) is 2. The Morgan fingerprint density at radius 3 is 2.53 bits per heavy atom. The van der Waals surface area contributed by atoms with Gasteiger partial charge in [-0.1, -0.05) is 23.7 Å². The summed E-state index contributed by atoms with van der Waals surface area (Å²) in [6.07, 6.45) is 0.731. The second-order valence-corrected chi connectivity index (χ2v) is 4.37. The summed E-state index contributed by atoms with van der Waals surface area (Å²) < 4.78 is 10.7. The number of carbonyl (C=O) groups is 1. The SMILES string of the molecule is COc1ccc(COc2ccc(Cl)cc2C=O)cc1. The monoisotopic (exact) mass is 276 g/mol. The molecule has 0 amide bonds. The molecular weight excluding hydrogens is 264 g/mol. The van der Waals surface area contributed by atoms with Gasteiger partial charge in [-0.15, -0.1) is 0 Å². The van der Waals surface area contributed by atoms with Gasteiger partial charge < -0.3 is 9.47 Å². The zero-order valence-corrected chi connectivity index (χ0v) is 11.2. The van der Waals surface area contributed by atoms with Gasteiger partial charge in [-0.3, -0.25) is 4.79 Å². The first-order valence-corrected chi connectivity index (χ1v) is 6.11. The van der Waals surface area contributed by atoms with Crippen LogP contribution in [0.5, 0.6) is 11.5 Å². The van der Waals surface area contributed by atoms with Gasteiger partial charge in [-0.25, -0.2) is 0 Å². The number of aldehydes is 1. The predicted octanol–water partition coefficient (Wildman–Crippen LogP) is 3.74. The molecule has 4 heteroatoms. The molecule has 0 unspecified atom stereocenters. The third-order valence-electron chi connectivity index (χ3n) is 2.65. The van der Waals surface area contributed by atoms with E-state index in [2.05, 4.69) is 0 Å². The lowest BCUT2D eigenvalue weighted by molar-refractivity contribution is 0.111. The van der Waals surface area contributed by atoms with E-state index in [4.69, 9.17) is 21.1 Å². The zero-order chi connectivity index (χ0) is 13.7. The van der Waals surface area contributed by atoms with Crippen molar-refractivity contribution in [2.24, 2.45) is 0 Å². The molecule has 0 aromatic heterocycles. The summed E-state index contributed by atoms with van der Waals surface area (Å²) in [5.74, 6) is 1.32. The Labute approximate surface area is 116 Å². The van der Waals surface area contributed by atoms with Crippen molar-refractivity contribution in [2.75, 3.05) is 7.11 Å². The van der Waals surface area contributed by atoms with Crippen LogP contribution in [0.4, 0.5) is 0 Å². The first kappa shape index (κ1) is 13.4. The van der Waals surface area contributed by atoms with Gasteiger partial charge in [-0.05, 0) is 35.9 Å². The topological polar surface area (TPSA) is 35.5 Å². The zero-order valence-electron chi connectivity index (χ0n) is 10.4. The van der Waals surface area contributed by atoms with Crippen molar-refractivity contribution in [3.05, 3.63) is 58.6 Å². The Hall–Kier alpha value is -2.00. The van der Waals surface area contributed by atoms with E-state index in [9.17, 15) is 4.79 Å². The molecule has 0 aliphatic carbocycles. The summed E-state index contributed by atoms with van der Waals surface area (Å²) in [4.78, 5) is 10.9. The van der Waals surface area contributed by atoms with E-state index in [1.165, 1.54) is 0 Å². The third-order valence-corrected chi connectivity index (χ3v) is 2.89. The number of methoxy groups -OCH3 is 1. The molecule has 0 saturated carbocycles. The lowest BCUT2D eigenvalue weighted by Crippen LogP contribution is -1.98. The average Bonchev–Trinajstić information content (AvgIpc) is 2.46. The second kappa shape index (κ2) is 6.25. The summed E-state index contributed by atoms with van der Waals surface area (Å²) in [6, 6.07) is 12.5. The summed E-state index contributed by atoms with van der Waals surface area (Å²) in [5.41, 5.74) is 1.44. The van der Waals surface area contributed by atoms with Gasteiger partial charge >= 0.3 is 0 Å². The summed E-state index contributed by atoms with van der Waals surface area (Å²) in [7, 11) is 1.62. The van der Waals surface area contributed by atoms with E-state index in [0.29, 0.717) is 22.9 Å². The minimum absolute atomic E-state index is 0.381. The Morgan fingerprint density at radius 2 is 1.89 bits per heavy atom. The molecule has 19 heavy (non-hydrogen) atoms. The molecule has 0 saturated heterocycles. The van der Waals surface area contributed by atoms with Gasteiger partial charge in [-0.2, -0.15) is 0 Å². The average molecular weight is 277 g/mol. The van der Waals surface area contributed by atoms with Crippen molar-refractivity contribution in [3.63, 3.8) is 0 Å². The Balaban J connectivity index is 2.07. The fourth-order valence-electron chi connectivity index (χ4n) is 1.63. The molecule has 0 fully saturated rings. The summed E-state index contributed by atoms with van der Waals surface area (Å²) in [6.45, 7) is 0.381. The molecule has 0 aliphatic heterocycles. The molecule has 0 heterocycles. The van der Waals surface area contributed by atoms with Crippen LogP contribution in [-0.2, 0) is 6.61 Å². The number of halogens is 1. The van der Waals surface area contributed by atoms with Crippen LogP contribution in [0.2, 0.25) is 5.02 Å². The second-order valence-electron chi connectivity index (χ2n) is 3.94. The quantitative estimate of drug-likeness (QED) is 0.781. The van der Waals surface area contributed by atoms with Crippen molar-refractivity contribution >= 4 is 17.9 Å². The minimum Gasteiger partial charge on any atom is -0.497 e. The largest absolute Gasteiger partial charge is 0.497 e. The number of rotatable bonds is 5. The van der Waals surface area contributed by atoms with Crippen molar-refractivity contribution in [1.82, 2.24) is 0 Å². The van der Waals surface area contributed by atoms with Gasteiger partial charge in [0.1, 0.15) is 18.1 Å². The van der Waals surface area contributed by atoms with Crippen molar-refractivity contribution in [1.29, 1.82) is 0 Å². The molecule has 0 bridgehead atoms. The van der Waals surface area contributed by atoms with E-state index in [-0.39, 0.29) is 0 Å². The highest BCUT2D eigenvalue weighted by molar-refractivity contribution is 6.30. The van der Waals surface area contributed by atoms with Gasteiger partial charge in [0.2, 0.25) is 0 Å². The molecule has 2 rings (SSSR count). The van der Waals surface area contributed by atoms with E-state index >= 15 is 0 Å². The van der Waals surface area contributed by atoms with Crippen LogP contribution in [0.1, 0.15) is 15.9 Å². The van der Waals surface area contributed by atoms with Crippen LogP contribution in [-0.4, -0.2) is 13.4 Å². The number of hydrogen-bond donors (Lipinski definition) is 0. The predicted molar refractivity (Wildman–Crippen MR) is 74.2 cm³/mol. The van der Waals surface area contributed by atoms with Crippen molar-refractivity contribution in [3.8, 4) is 11.5 Å². The number of hydrogen-bond acceptors (Lipinski definition) is 3. The molecule has 3 nitrogen and oxygen atoms in total. The first-order valence-electron chi connectivity index (χ1n) is 5.73. The molecule has 0 radical (unpaired) electrons. The molecular formula is C15H13ClO3. The van der Waals surface area contributed by atoms with Gasteiger partial charge in [0.05, 0.1) is 12.7 Å². The molecule has 0 atom stereocenters. The van der Waals surface area contributed by atoms with E-state index in [1.54, 1.807) is 25.3 Å². The third kappa shape index (κ3) is 3.48. The molecule has 2 aromatic carbocycles. The Bertz CT molecular complexity index is 564. The summed E-state index contributed by atoms with van der Waals surface area (Å²) in [5, 5.41) is 0.513. The normalized spacial score (nSPS) is 10.0. The van der Waals surface area contributed by atoms with E-state index < -0.39 is 0 Å². The first-order chi connectivity index (χ1) is 9.22. The standard InChI is InChI=1S/C15H13ClO3/c1-18-14-5-2-11(3-6-14)10-19-15-7-4-13(16)8-12(15)9-17/h2-9H,10H2,1H3. The van der Waals surface area contributed by atoms with Crippen molar-refractivity contribution in [2.45, 2.75) is 6.61 Å². The molecule has 98 valence electrons. The molecule has 0 aliphatic rings. The maximum absolute atomic E-state index is 10.9.